The molecule has 1 heterocycles. The molecule has 0 saturated heterocycles. The predicted molar refractivity (Wildman–Crippen MR) is 173 cm³/mol. The number of rotatable bonds is 15. The first-order valence-electron chi connectivity index (χ1n) is 14.5. The minimum Gasteiger partial charge on any atom is -0.365 e. The zero-order valence-corrected chi connectivity index (χ0v) is 27.2. The van der Waals surface area contributed by atoms with E-state index < -0.39 is 50.7 Å². The molecule has 3 aromatic rings. The average molecular weight is 647 g/mol. The quantitative estimate of drug-likeness (QED) is 0.104. The largest absolute Gasteiger partial charge is 0.365 e. The van der Waals surface area contributed by atoms with Gasteiger partial charge >= 0.3 is 0 Å². The maximum Gasteiger partial charge on any atom is 0.269 e. The lowest BCUT2D eigenvalue weighted by Crippen LogP contribution is -2.34. The van der Waals surface area contributed by atoms with E-state index in [9.17, 15) is 17.2 Å². The molecule has 0 saturated carbocycles. The number of nitrogens with one attached hydrogen (secondary N) is 3. The molecule has 1 aromatic heterocycles. The number of nitrogens with zero attached hydrogens (tertiary/aromatic N) is 3. The zero-order valence-electron chi connectivity index (χ0n) is 26.4. The Morgan fingerprint density at radius 1 is 1.16 bits per heavy atom. The summed E-state index contributed by atoms with van der Waals surface area (Å²) in [6.45, 7) is 10.7. The first-order chi connectivity index (χ1) is 21.2. The molecular formula is C32H41F3N6O3S. The summed E-state index contributed by atoms with van der Waals surface area (Å²) in [6.07, 6.45) is 3.91. The van der Waals surface area contributed by atoms with Gasteiger partial charge in [0.2, 0.25) is 0 Å². The number of aliphatic imine (C=N–C) groups is 1. The second-order valence-electron chi connectivity index (χ2n) is 11.5. The van der Waals surface area contributed by atoms with Gasteiger partial charge < -0.3 is 20.8 Å². The number of pyridine rings is 1. The van der Waals surface area contributed by atoms with Crippen LogP contribution in [0.2, 0.25) is 0 Å². The van der Waals surface area contributed by atoms with Gasteiger partial charge in [-0.3, -0.25) is 4.99 Å². The minimum atomic E-state index is -4.83. The minimum absolute atomic E-state index is 0.104. The average Bonchev–Trinajstić information content (AvgIpc) is 2.97. The third-order valence-electron chi connectivity index (χ3n) is 6.68. The van der Waals surface area contributed by atoms with Crippen molar-refractivity contribution in [1.82, 2.24) is 10.3 Å². The standard InChI is InChI=1S/C32H41F3N6O3S/c1-7-37-15-13-21(2)39-19-25(22-14-16-38-29(17-22)40-32(3,4)5)31(36)24-9-8-10-27(30(24)35)41(20-44-6)45(42,43)28-18-23(33)11-12-26(28)34/h8-12,14,16-19,21,25,36-37H,7,13,15,20H2,1-6H3,(H,38,40). The number of sulfonamides is 1. The monoisotopic (exact) mass is 646 g/mol. The van der Waals surface area contributed by atoms with Gasteiger partial charge in [0, 0.05) is 36.7 Å². The lowest BCUT2D eigenvalue weighted by atomic mass is 9.90. The molecule has 0 radical (unpaired) electrons. The van der Waals surface area contributed by atoms with Crippen LogP contribution >= 0.6 is 0 Å². The Hall–Kier alpha value is -3.81. The van der Waals surface area contributed by atoms with Crippen molar-refractivity contribution in [3.8, 4) is 0 Å². The summed E-state index contributed by atoms with van der Waals surface area (Å²) >= 11 is 0. The van der Waals surface area contributed by atoms with Crippen LogP contribution in [-0.4, -0.2) is 63.8 Å². The van der Waals surface area contributed by atoms with E-state index in [1.807, 2.05) is 34.6 Å². The number of ether oxygens (including phenoxy) is 1. The molecular weight excluding hydrogens is 605 g/mol. The van der Waals surface area contributed by atoms with Gasteiger partial charge in [0.25, 0.3) is 10.0 Å². The molecule has 0 aliphatic rings. The Bertz CT molecular complexity index is 1610. The smallest absolute Gasteiger partial charge is 0.269 e. The number of aromatic nitrogens is 1. The van der Waals surface area contributed by atoms with E-state index in [-0.39, 0.29) is 22.9 Å². The van der Waals surface area contributed by atoms with Gasteiger partial charge in [0.1, 0.15) is 29.1 Å². The molecule has 0 fully saturated rings. The fourth-order valence-corrected chi connectivity index (χ4v) is 5.94. The molecule has 0 amide bonds. The number of halogens is 3. The second kappa shape index (κ2) is 15.5. The summed E-state index contributed by atoms with van der Waals surface area (Å²) in [5.74, 6) is -3.54. The molecule has 3 rings (SSSR count). The van der Waals surface area contributed by atoms with Crippen molar-refractivity contribution < 1.29 is 26.3 Å². The van der Waals surface area contributed by atoms with Gasteiger partial charge in [-0.15, -0.1) is 0 Å². The maximum atomic E-state index is 16.4. The molecule has 13 heteroatoms. The molecule has 45 heavy (non-hydrogen) atoms. The zero-order chi connectivity index (χ0) is 33.4. The number of hydrogen-bond acceptors (Lipinski definition) is 8. The molecule has 2 atom stereocenters. The first-order valence-corrected chi connectivity index (χ1v) is 16.0. The second-order valence-corrected chi connectivity index (χ2v) is 13.3. The third-order valence-corrected chi connectivity index (χ3v) is 8.43. The molecule has 0 aliphatic heterocycles. The van der Waals surface area contributed by atoms with Crippen LogP contribution in [0.15, 0.2) is 64.6 Å². The lowest BCUT2D eigenvalue weighted by Gasteiger charge is -2.26. The molecule has 2 aromatic carbocycles. The van der Waals surface area contributed by atoms with E-state index in [0.29, 0.717) is 27.8 Å². The van der Waals surface area contributed by atoms with Crippen LogP contribution in [0.4, 0.5) is 24.7 Å². The van der Waals surface area contributed by atoms with E-state index >= 15 is 4.39 Å². The molecule has 244 valence electrons. The highest BCUT2D eigenvalue weighted by Crippen LogP contribution is 2.32. The van der Waals surface area contributed by atoms with Gasteiger partial charge in [0.15, 0.2) is 5.82 Å². The number of methoxy groups -OCH3 is 1. The SMILES string of the molecule is CCNCCC(C)N=CC(C(=N)c1cccc(N(COC)S(=O)(=O)c2cc(F)ccc2F)c1F)c1ccnc(NC(C)(C)C)c1. The van der Waals surface area contributed by atoms with Crippen LogP contribution in [-0.2, 0) is 14.8 Å². The summed E-state index contributed by atoms with van der Waals surface area (Å²) in [6, 6.07) is 9.25. The van der Waals surface area contributed by atoms with E-state index in [2.05, 4.69) is 20.6 Å². The first kappa shape index (κ1) is 35.7. The Balaban J connectivity index is 2.11. The van der Waals surface area contributed by atoms with Gasteiger partial charge in [-0.1, -0.05) is 19.1 Å². The predicted octanol–water partition coefficient (Wildman–Crippen LogP) is 6.12. The number of benzene rings is 2. The van der Waals surface area contributed by atoms with Crippen LogP contribution in [0, 0.1) is 22.9 Å². The van der Waals surface area contributed by atoms with E-state index in [0.717, 1.165) is 25.6 Å². The lowest BCUT2D eigenvalue weighted by molar-refractivity contribution is 0.209. The molecule has 2 unspecified atom stereocenters. The molecule has 9 nitrogen and oxygen atoms in total. The molecule has 3 N–H and O–H groups in total. The van der Waals surface area contributed by atoms with Crippen molar-refractivity contribution in [2.24, 2.45) is 4.99 Å². The van der Waals surface area contributed by atoms with Crippen molar-refractivity contribution in [1.29, 1.82) is 5.41 Å². The van der Waals surface area contributed by atoms with Crippen LogP contribution in [0.5, 0.6) is 0 Å². The number of hydrogen-bond donors (Lipinski definition) is 3. The van der Waals surface area contributed by atoms with E-state index in [1.165, 1.54) is 25.3 Å². The van der Waals surface area contributed by atoms with Gasteiger partial charge in [0.05, 0.1) is 17.3 Å². The normalized spacial score (nSPS) is 13.5. The maximum absolute atomic E-state index is 16.4. The van der Waals surface area contributed by atoms with Gasteiger partial charge in [-0.05, 0) is 89.2 Å². The summed E-state index contributed by atoms with van der Waals surface area (Å²) in [5.41, 5.74) is -0.597. The summed E-state index contributed by atoms with van der Waals surface area (Å²) < 4.78 is 77.4. The third kappa shape index (κ3) is 9.35. The molecule has 0 bridgehead atoms. The fourth-order valence-electron chi connectivity index (χ4n) is 4.48. The van der Waals surface area contributed by atoms with Crippen molar-refractivity contribution in [2.75, 3.05) is 36.6 Å². The highest BCUT2D eigenvalue weighted by atomic mass is 32.2. The summed E-state index contributed by atoms with van der Waals surface area (Å²) in [4.78, 5) is 8.06. The van der Waals surface area contributed by atoms with Crippen molar-refractivity contribution in [3.63, 3.8) is 0 Å². The molecule has 0 aliphatic carbocycles. The van der Waals surface area contributed by atoms with E-state index in [1.54, 1.807) is 24.5 Å². The highest BCUT2D eigenvalue weighted by Gasteiger charge is 2.32. The topological polar surface area (TPSA) is 120 Å². The summed E-state index contributed by atoms with van der Waals surface area (Å²) in [5, 5.41) is 15.7. The van der Waals surface area contributed by atoms with Crippen molar-refractivity contribution in [3.05, 3.63) is 83.3 Å². The molecule has 0 spiro atoms. The van der Waals surface area contributed by atoms with Crippen molar-refractivity contribution >= 4 is 33.5 Å². The Labute approximate surface area is 263 Å². The van der Waals surface area contributed by atoms with Gasteiger partial charge in [-0.2, -0.15) is 0 Å². The number of anilines is 2. The van der Waals surface area contributed by atoms with Crippen molar-refractivity contribution in [2.45, 2.75) is 63.4 Å². The van der Waals surface area contributed by atoms with Crippen LogP contribution in [0.3, 0.4) is 0 Å². The van der Waals surface area contributed by atoms with E-state index in [4.69, 9.17) is 10.1 Å². The Kier molecular flexibility index (Phi) is 12.3. The highest BCUT2D eigenvalue weighted by molar-refractivity contribution is 7.92. The van der Waals surface area contributed by atoms with Gasteiger partial charge in [-0.25, -0.2) is 30.9 Å². The van der Waals surface area contributed by atoms with Crippen LogP contribution in [0.1, 0.15) is 58.1 Å². The summed E-state index contributed by atoms with van der Waals surface area (Å²) in [7, 11) is -3.64. The fraction of sp³-hybridized carbons (Fsp3) is 0.406. The van der Waals surface area contributed by atoms with Crippen LogP contribution in [0.25, 0.3) is 0 Å². The Morgan fingerprint density at radius 3 is 2.56 bits per heavy atom. The van der Waals surface area contributed by atoms with Crippen LogP contribution < -0.4 is 14.9 Å². The Morgan fingerprint density at radius 2 is 1.89 bits per heavy atom.